The maximum absolute atomic E-state index is 12.1. The molecule has 0 atom stereocenters. The number of rotatable bonds is 2. The van der Waals surface area contributed by atoms with Crippen molar-refractivity contribution >= 4 is 17.7 Å². The van der Waals surface area contributed by atoms with Crippen LogP contribution in [0.15, 0.2) is 18.2 Å². The van der Waals surface area contributed by atoms with E-state index >= 15 is 0 Å². The Hall–Kier alpha value is -2.08. The second-order valence-electron chi connectivity index (χ2n) is 5.06. The first-order valence-electron chi connectivity index (χ1n) is 6.63. The number of carbonyl (C=O) groups is 2. The fourth-order valence-electron chi connectivity index (χ4n) is 2.35. The number of carboxylic acids is 1. The van der Waals surface area contributed by atoms with Crippen LogP contribution < -0.4 is 11.1 Å². The average Bonchev–Trinajstić information content (AvgIpc) is 2.39. The number of aryl methyl sites for hydroxylation is 1. The van der Waals surface area contributed by atoms with Gasteiger partial charge in [0.1, 0.15) is 0 Å². The zero-order chi connectivity index (χ0) is 14.7. The Morgan fingerprint density at radius 3 is 2.60 bits per heavy atom. The number of hydrogen-bond donors (Lipinski definition) is 3. The van der Waals surface area contributed by atoms with E-state index in [0.29, 0.717) is 24.3 Å². The summed E-state index contributed by atoms with van der Waals surface area (Å²) in [7, 11) is 0. The van der Waals surface area contributed by atoms with Gasteiger partial charge in [-0.3, -0.25) is 0 Å². The van der Waals surface area contributed by atoms with Crippen molar-refractivity contribution < 1.29 is 14.7 Å². The van der Waals surface area contributed by atoms with Crippen LogP contribution in [0.4, 0.5) is 10.5 Å². The maximum Gasteiger partial charge on any atom is 0.338 e. The van der Waals surface area contributed by atoms with Crippen molar-refractivity contribution in [2.45, 2.75) is 25.8 Å². The van der Waals surface area contributed by atoms with Crippen molar-refractivity contribution in [3.8, 4) is 0 Å². The second kappa shape index (κ2) is 5.92. The molecule has 1 aromatic rings. The molecule has 6 nitrogen and oxygen atoms in total. The number of nitrogens with two attached hydrogens (primary N) is 1. The van der Waals surface area contributed by atoms with E-state index < -0.39 is 5.97 Å². The second-order valence-corrected chi connectivity index (χ2v) is 5.06. The van der Waals surface area contributed by atoms with E-state index in [4.69, 9.17) is 5.73 Å². The van der Waals surface area contributed by atoms with Gasteiger partial charge >= 0.3 is 12.0 Å². The lowest BCUT2D eigenvalue weighted by atomic mass is 10.1. The molecular weight excluding hydrogens is 258 g/mol. The van der Waals surface area contributed by atoms with E-state index in [-0.39, 0.29) is 17.6 Å². The number of likely N-dealkylation sites (tertiary alicyclic amines) is 1. The summed E-state index contributed by atoms with van der Waals surface area (Å²) in [5, 5.41) is 11.9. The summed E-state index contributed by atoms with van der Waals surface area (Å²) in [5.74, 6) is -1.04. The van der Waals surface area contributed by atoms with Crippen LogP contribution in [-0.2, 0) is 0 Å². The number of carbonyl (C=O) groups excluding carboxylic acids is 1. The lowest BCUT2D eigenvalue weighted by Crippen LogP contribution is -2.44. The first kappa shape index (κ1) is 14.3. The number of hydrogen-bond acceptors (Lipinski definition) is 3. The highest BCUT2D eigenvalue weighted by atomic mass is 16.4. The Morgan fingerprint density at radius 1 is 1.35 bits per heavy atom. The third-order valence-electron chi connectivity index (χ3n) is 3.56. The van der Waals surface area contributed by atoms with Gasteiger partial charge in [-0.25, -0.2) is 9.59 Å². The number of urea groups is 1. The highest BCUT2D eigenvalue weighted by Crippen LogP contribution is 2.20. The Balaban J connectivity index is 2.12. The van der Waals surface area contributed by atoms with Gasteiger partial charge in [-0.1, -0.05) is 12.1 Å². The molecule has 20 heavy (non-hydrogen) atoms. The van der Waals surface area contributed by atoms with Crippen LogP contribution in [0.1, 0.15) is 28.8 Å². The van der Waals surface area contributed by atoms with E-state index in [1.807, 2.05) is 0 Å². The summed E-state index contributed by atoms with van der Waals surface area (Å²) < 4.78 is 0. The Labute approximate surface area is 117 Å². The van der Waals surface area contributed by atoms with E-state index in [1.54, 1.807) is 30.0 Å². The lowest BCUT2D eigenvalue weighted by Gasteiger charge is -2.30. The van der Waals surface area contributed by atoms with Crippen molar-refractivity contribution in [1.29, 1.82) is 0 Å². The fourth-order valence-corrected chi connectivity index (χ4v) is 2.35. The molecule has 4 N–H and O–H groups in total. The van der Waals surface area contributed by atoms with Crippen LogP contribution >= 0.6 is 0 Å². The van der Waals surface area contributed by atoms with Crippen molar-refractivity contribution in [3.05, 3.63) is 29.3 Å². The van der Waals surface area contributed by atoms with Gasteiger partial charge in [-0.2, -0.15) is 0 Å². The van der Waals surface area contributed by atoms with Crippen LogP contribution in [0, 0.1) is 6.92 Å². The predicted octanol–water partition coefficient (Wildman–Crippen LogP) is 1.65. The normalized spacial score (nSPS) is 16.0. The molecule has 2 amide bonds. The SMILES string of the molecule is Cc1cccc(NC(=O)N2CCC(N)CC2)c1C(=O)O. The molecule has 0 saturated carbocycles. The number of nitrogens with one attached hydrogen (secondary N) is 1. The number of benzene rings is 1. The first-order chi connectivity index (χ1) is 9.49. The van der Waals surface area contributed by atoms with Crippen LogP contribution in [-0.4, -0.2) is 41.1 Å². The predicted molar refractivity (Wildman–Crippen MR) is 75.9 cm³/mol. The summed E-state index contributed by atoms with van der Waals surface area (Å²) in [6, 6.07) is 4.91. The molecule has 1 aliphatic heterocycles. The monoisotopic (exact) mass is 277 g/mol. The summed E-state index contributed by atoms with van der Waals surface area (Å²) in [5.41, 5.74) is 6.88. The summed E-state index contributed by atoms with van der Waals surface area (Å²) >= 11 is 0. The highest BCUT2D eigenvalue weighted by Gasteiger charge is 2.22. The van der Waals surface area contributed by atoms with E-state index in [0.717, 1.165) is 12.8 Å². The largest absolute Gasteiger partial charge is 0.478 e. The van der Waals surface area contributed by atoms with Gasteiger partial charge < -0.3 is 21.1 Å². The van der Waals surface area contributed by atoms with Crippen LogP contribution in [0.5, 0.6) is 0 Å². The van der Waals surface area contributed by atoms with Gasteiger partial charge in [0.2, 0.25) is 0 Å². The van der Waals surface area contributed by atoms with Gasteiger partial charge in [0.15, 0.2) is 0 Å². The minimum atomic E-state index is -1.04. The number of piperidine rings is 1. The number of carboxylic acid groups (broad SMARTS) is 1. The minimum Gasteiger partial charge on any atom is -0.478 e. The van der Waals surface area contributed by atoms with Gasteiger partial charge in [-0.15, -0.1) is 0 Å². The van der Waals surface area contributed by atoms with Gasteiger partial charge in [0, 0.05) is 19.1 Å². The number of aromatic carboxylic acids is 1. The van der Waals surface area contributed by atoms with Crippen LogP contribution in [0.2, 0.25) is 0 Å². The molecule has 1 aromatic carbocycles. The standard InChI is InChI=1S/C14H19N3O3/c1-9-3-2-4-11(12(9)13(18)19)16-14(20)17-7-5-10(15)6-8-17/h2-4,10H,5-8,15H2,1H3,(H,16,20)(H,18,19). The zero-order valence-corrected chi connectivity index (χ0v) is 11.4. The Morgan fingerprint density at radius 2 is 2.00 bits per heavy atom. The van der Waals surface area contributed by atoms with Gasteiger partial charge in [-0.05, 0) is 31.4 Å². The average molecular weight is 277 g/mol. The molecule has 6 heteroatoms. The van der Waals surface area contributed by atoms with Crippen molar-refractivity contribution in [2.75, 3.05) is 18.4 Å². The third kappa shape index (κ3) is 3.08. The van der Waals surface area contributed by atoms with Crippen LogP contribution in [0.25, 0.3) is 0 Å². The Bertz CT molecular complexity index is 522. The molecule has 108 valence electrons. The molecule has 0 bridgehead atoms. The fraction of sp³-hybridized carbons (Fsp3) is 0.429. The van der Waals surface area contributed by atoms with E-state index in [9.17, 15) is 14.7 Å². The number of nitrogens with zero attached hydrogens (tertiary/aromatic N) is 1. The summed E-state index contributed by atoms with van der Waals surface area (Å²) in [6.45, 7) is 2.90. The van der Waals surface area contributed by atoms with Gasteiger partial charge in [0.25, 0.3) is 0 Å². The topological polar surface area (TPSA) is 95.7 Å². The molecule has 1 saturated heterocycles. The minimum absolute atomic E-state index is 0.134. The molecule has 0 unspecified atom stereocenters. The molecule has 0 aliphatic carbocycles. The van der Waals surface area contributed by atoms with Crippen LogP contribution in [0.3, 0.4) is 0 Å². The highest BCUT2D eigenvalue weighted by molar-refractivity contribution is 6.01. The Kier molecular flexibility index (Phi) is 4.24. The molecule has 1 fully saturated rings. The molecule has 0 aromatic heterocycles. The van der Waals surface area contributed by atoms with Crippen molar-refractivity contribution in [1.82, 2.24) is 4.90 Å². The molecule has 2 rings (SSSR count). The zero-order valence-electron chi connectivity index (χ0n) is 11.4. The maximum atomic E-state index is 12.1. The third-order valence-corrected chi connectivity index (χ3v) is 3.56. The molecule has 1 heterocycles. The quantitative estimate of drug-likeness (QED) is 0.765. The molecule has 1 aliphatic rings. The smallest absolute Gasteiger partial charge is 0.338 e. The first-order valence-corrected chi connectivity index (χ1v) is 6.63. The summed E-state index contributed by atoms with van der Waals surface area (Å²) in [6.07, 6.45) is 1.54. The van der Waals surface area contributed by atoms with Gasteiger partial charge in [0.05, 0.1) is 11.3 Å². The number of amides is 2. The van der Waals surface area contributed by atoms with E-state index in [2.05, 4.69) is 5.32 Å². The molecule has 0 spiro atoms. The molecular formula is C14H19N3O3. The van der Waals surface area contributed by atoms with Crippen molar-refractivity contribution in [3.63, 3.8) is 0 Å². The lowest BCUT2D eigenvalue weighted by molar-refractivity contribution is 0.0697. The van der Waals surface area contributed by atoms with E-state index in [1.165, 1.54) is 0 Å². The molecule has 0 radical (unpaired) electrons. The summed E-state index contributed by atoms with van der Waals surface area (Å²) in [4.78, 5) is 25.1. The van der Waals surface area contributed by atoms with Crippen molar-refractivity contribution in [2.24, 2.45) is 5.73 Å². The number of anilines is 1.